The molecule has 5 heteroatoms. The molecule has 1 atom stereocenters. The second-order valence-corrected chi connectivity index (χ2v) is 5.65. The van der Waals surface area contributed by atoms with Crippen LogP contribution in [0.2, 0.25) is 0 Å². The summed E-state index contributed by atoms with van der Waals surface area (Å²) >= 11 is 1.63. The van der Waals surface area contributed by atoms with Crippen molar-refractivity contribution in [3.63, 3.8) is 0 Å². The average molecular weight is 291 g/mol. The van der Waals surface area contributed by atoms with Crippen molar-refractivity contribution >= 4 is 11.3 Å². The lowest BCUT2D eigenvalue weighted by atomic mass is 10.1. The van der Waals surface area contributed by atoms with Crippen molar-refractivity contribution < 1.29 is 4.74 Å². The number of nitrogens with zero attached hydrogens (tertiary/aromatic N) is 2. The van der Waals surface area contributed by atoms with Crippen molar-refractivity contribution in [1.29, 1.82) is 0 Å². The van der Waals surface area contributed by atoms with E-state index in [0.29, 0.717) is 0 Å². The first kappa shape index (κ1) is 15.1. The van der Waals surface area contributed by atoms with Crippen LogP contribution in [0.3, 0.4) is 0 Å². The van der Waals surface area contributed by atoms with Gasteiger partial charge < -0.3 is 10.1 Å². The van der Waals surface area contributed by atoms with Crippen LogP contribution < -0.4 is 5.32 Å². The van der Waals surface area contributed by atoms with Gasteiger partial charge in [0.2, 0.25) is 0 Å². The van der Waals surface area contributed by atoms with E-state index in [1.807, 2.05) is 18.2 Å². The molecule has 0 aliphatic rings. The van der Waals surface area contributed by atoms with Crippen LogP contribution in [0.5, 0.6) is 0 Å². The minimum absolute atomic E-state index is 0.119. The second-order valence-electron chi connectivity index (χ2n) is 4.56. The van der Waals surface area contributed by atoms with Gasteiger partial charge >= 0.3 is 0 Å². The molecule has 4 nitrogen and oxygen atoms in total. The van der Waals surface area contributed by atoms with Gasteiger partial charge in [0.15, 0.2) is 5.01 Å². The summed E-state index contributed by atoms with van der Waals surface area (Å²) in [6, 6.07) is 10.1. The minimum Gasteiger partial charge on any atom is -0.369 e. The van der Waals surface area contributed by atoms with E-state index < -0.39 is 0 Å². The Morgan fingerprint density at radius 3 is 2.70 bits per heavy atom. The summed E-state index contributed by atoms with van der Waals surface area (Å²) in [6.45, 7) is 4.17. The number of rotatable bonds is 8. The van der Waals surface area contributed by atoms with Crippen molar-refractivity contribution in [2.24, 2.45) is 0 Å². The zero-order valence-corrected chi connectivity index (χ0v) is 12.8. The lowest BCUT2D eigenvalue weighted by molar-refractivity contribution is 0.135. The lowest BCUT2D eigenvalue weighted by Gasteiger charge is -2.11. The molecule has 0 aliphatic heterocycles. The molecule has 1 N–H and O–H groups in total. The van der Waals surface area contributed by atoms with E-state index in [0.717, 1.165) is 41.5 Å². The number of ether oxygens (including phenoxy) is 1. The first-order valence-corrected chi connectivity index (χ1v) is 7.77. The van der Waals surface area contributed by atoms with Gasteiger partial charge in [-0.05, 0) is 18.5 Å². The normalized spacial score (nSPS) is 12.5. The predicted octanol–water partition coefficient (Wildman–Crippen LogP) is 2.82. The van der Waals surface area contributed by atoms with Crippen LogP contribution in [-0.4, -0.2) is 30.4 Å². The molecule has 0 saturated heterocycles. The largest absolute Gasteiger partial charge is 0.369 e. The van der Waals surface area contributed by atoms with Gasteiger partial charge in [0, 0.05) is 20.1 Å². The molecular formula is C15H21N3OS. The van der Waals surface area contributed by atoms with Gasteiger partial charge in [0.05, 0.1) is 0 Å². The number of methoxy groups -OCH3 is 1. The molecule has 20 heavy (non-hydrogen) atoms. The standard InChI is InChI=1S/C15H21N3OS/c1-3-10-16-11-9-13-17-18-15(20-13)14(19-2)12-7-5-4-6-8-12/h4-8,14,16H,3,9-11H2,1-2H3. The fourth-order valence-electron chi connectivity index (χ4n) is 1.98. The highest BCUT2D eigenvalue weighted by Gasteiger charge is 2.18. The van der Waals surface area contributed by atoms with Crippen molar-refractivity contribution in [2.45, 2.75) is 25.9 Å². The van der Waals surface area contributed by atoms with Crippen molar-refractivity contribution in [3.05, 3.63) is 45.9 Å². The molecule has 0 saturated carbocycles. The lowest BCUT2D eigenvalue weighted by Crippen LogP contribution is -2.17. The highest BCUT2D eigenvalue weighted by Crippen LogP contribution is 2.27. The topological polar surface area (TPSA) is 47.0 Å². The van der Waals surface area contributed by atoms with E-state index in [-0.39, 0.29) is 6.10 Å². The van der Waals surface area contributed by atoms with Gasteiger partial charge in [-0.15, -0.1) is 10.2 Å². The van der Waals surface area contributed by atoms with Crippen LogP contribution in [0.25, 0.3) is 0 Å². The summed E-state index contributed by atoms with van der Waals surface area (Å²) in [5.41, 5.74) is 1.11. The van der Waals surface area contributed by atoms with E-state index in [2.05, 4.69) is 34.6 Å². The maximum atomic E-state index is 5.57. The van der Waals surface area contributed by atoms with Crippen LogP contribution in [0.15, 0.2) is 30.3 Å². The molecule has 1 aromatic carbocycles. The highest BCUT2D eigenvalue weighted by molar-refractivity contribution is 7.11. The van der Waals surface area contributed by atoms with Gasteiger partial charge in [-0.25, -0.2) is 0 Å². The van der Waals surface area contributed by atoms with Gasteiger partial charge in [-0.1, -0.05) is 48.6 Å². The van der Waals surface area contributed by atoms with Crippen LogP contribution >= 0.6 is 11.3 Å². The first-order chi connectivity index (χ1) is 9.85. The van der Waals surface area contributed by atoms with Crippen LogP contribution in [-0.2, 0) is 11.2 Å². The highest BCUT2D eigenvalue weighted by atomic mass is 32.1. The molecule has 1 aromatic heterocycles. The molecule has 1 heterocycles. The minimum atomic E-state index is -0.119. The Morgan fingerprint density at radius 2 is 2.00 bits per heavy atom. The van der Waals surface area contributed by atoms with E-state index in [9.17, 15) is 0 Å². The first-order valence-electron chi connectivity index (χ1n) is 6.96. The number of benzene rings is 1. The zero-order chi connectivity index (χ0) is 14.2. The van der Waals surface area contributed by atoms with E-state index in [1.54, 1.807) is 18.4 Å². The SMILES string of the molecule is CCCNCCc1nnc(C(OC)c2ccccc2)s1. The van der Waals surface area contributed by atoms with Crippen LogP contribution in [0.4, 0.5) is 0 Å². The molecule has 0 bridgehead atoms. The number of hydrogen-bond acceptors (Lipinski definition) is 5. The van der Waals surface area contributed by atoms with Crippen molar-refractivity contribution in [3.8, 4) is 0 Å². The fourth-order valence-corrected chi connectivity index (χ4v) is 2.93. The second kappa shape index (κ2) is 8.09. The summed E-state index contributed by atoms with van der Waals surface area (Å²) in [4.78, 5) is 0. The quantitative estimate of drug-likeness (QED) is 0.760. The van der Waals surface area contributed by atoms with Gasteiger partial charge in [-0.3, -0.25) is 0 Å². The average Bonchev–Trinajstić information content (AvgIpc) is 2.94. The molecule has 2 rings (SSSR count). The van der Waals surface area contributed by atoms with E-state index >= 15 is 0 Å². The Kier molecular flexibility index (Phi) is 6.11. The third-order valence-electron chi connectivity index (χ3n) is 2.99. The number of nitrogens with one attached hydrogen (secondary N) is 1. The van der Waals surface area contributed by atoms with E-state index in [1.165, 1.54) is 0 Å². The van der Waals surface area contributed by atoms with Crippen LogP contribution in [0, 0.1) is 0 Å². The summed E-state index contributed by atoms with van der Waals surface area (Å²) in [7, 11) is 1.71. The van der Waals surface area contributed by atoms with Gasteiger partial charge in [0.1, 0.15) is 11.1 Å². The predicted molar refractivity (Wildman–Crippen MR) is 82.1 cm³/mol. The molecule has 0 spiro atoms. The van der Waals surface area contributed by atoms with Crippen molar-refractivity contribution in [2.75, 3.05) is 20.2 Å². The Bertz CT molecular complexity index is 501. The summed E-state index contributed by atoms with van der Waals surface area (Å²) < 4.78 is 5.57. The smallest absolute Gasteiger partial charge is 0.151 e. The van der Waals surface area contributed by atoms with Gasteiger partial charge in [0.25, 0.3) is 0 Å². The fraction of sp³-hybridized carbons (Fsp3) is 0.467. The molecule has 0 aliphatic carbocycles. The number of hydrogen-bond donors (Lipinski definition) is 1. The molecule has 2 aromatic rings. The summed E-state index contributed by atoms with van der Waals surface area (Å²) in [6.07, 6.45) is 1.95. The molecule has 1 unspecified atom stereocenters. The van der Waals surface area contributed by atoms with Gasteiger partial charge in [-0.2, -0.15) is 0 Å². The molecule has 0 fully saturated rings. The monoisotopic (exact) mass is 291 g/mol. The van der Waals surface area contributed by atoms with E-state index in [4.69, 9.17) is 4.74 Å². The third-order valence-corrected chi connectivity index (χ3v) is 4.01. The summed E-state index contributed by atoms with van der Waals surface area (Å²) in [5, 5.41) is 13.9. The molecular weight excluding hydrogens is 270 g/mol. The molecule has 0 amide bonds. The number of aromatic nitrogens is 2. The zero-order valence-electron chi connectivity index (χ0n) is 12.0. The van der Waals surface area contributed by atoms with Crippen molar-refractivity contribution in [1.82, 2.24) is 15.5 Å². The maximum absolute atomic E-state index is 5.57. The van der Waals surface area contributed by atoms with Crippen LogP contribution in [0.1, 0.15) is 35.0 Å². The maximum Gasteiger partial charge on any atom is 0.151 e. The molecule has 108 valence electrons. The Balaban J connectivity index is 1.99. The Morgan fingerprint density at radius 1 is 1.20 bits per heavy atom. The Labute approximate surface area is 124 Å². The third kappa shape index (κ3) is 4.10. The molecule has 0 radical (unpaired) electrons. The Hall–Kier alpha value is -1.30. The summed E-state index contributed by atoms with van der Waals surface area (Å²) in [5.74, 6) is 0.